The van der Waals surface area contributed by atoms with E-state index in [1.54, 1.807) is 47.1 Å². The third-order valence-electron chi connectivity index (χ3n) is 3.44. The van der Waals surface area contributed by atoms with E-state index in [4.69, 9.17) is 27.9 Å². The van der Waals surface area contributed by atoms with Gasteiger partial charge in [-0.05, 0) is 55.0 Å². The molecule has 1 aromatic heterocycles. The number of aromatic nitrogens is 2. The molecule has 3 rings (SSSR count). The molecule has 0 saturated carbocycles. The molecule has 0 aliphatic carbocycles. The molecule has 24 heavy (non-hydrogen) atoms. The van der Waals surface area contributed by atoms with Gasteiger partial charge in [0.15, 0.2) is 0 Å². The van der Waals surface area contributed by atoms with Gasteiger partial charge in [-0.2, -0.15) is 5.10 Å². The van der Waals surface area contributed by atoms with Crippen LogP contribution < -0.4 is 4.74 Å². The van der Waals surface area contributed by atoms with Crippen molar-refractivity contribution in [2.75, 3.05) is 0 Å². The van der Waals surface area contributed by atoms with Gasteiger partial charge in [0.05, 0.1) is 16.9 Å². The maximum atomic E-state index is 12.3. The average molecular weight is 361 g/mol. The molecule has 0 unspecified atom stereocenters. The molecule has 4 nitrogen and oxygen atoms in total. The van der Waals surface area contributed by atoms with Crippen molar-refractivity contribution in [1.82, 2.24) is 9.78 Å². The van der Waals surface area contributed by atoms with Crippen molar-refractivity contribution in [2.24, 2.45) is 0 Å². The number of nitrogens with zero attached hydrogens (tertiary/aromatic N) is 2. The summed E-state index contributed by atoms with van der Waals surface area (Å²) in [6.45, 7) is 1.99. The fourth-order valence-electron chi connectivity index (χ4n) is 2.16. The number of esters is 1. The van der Waals surface area contributed by atoms with Crippen LogP contribution in [0.5, 0.6) is 5.88 Å². The van der Waals surface area contributed by atoms with Crippen molar-refractivity contribution >= 4 is 29.2 Å². The molecular formula is C18H14Cl2N2O2. The number of hydrogen-bond donors (Lipinski definition) is 0. The first-order valence-electron chi connectivity index (χ1n) is 7.39. The first-order valence-corrected chi connectivity index (χ1v) is 8.15. The van der Waals surface area contributed by atoms with Gasteiger partial charge in [-0.25, -0.2) is 9.48 Å². The van der Waals surface area contributed by atoms with Crippen molar-refractivity contribution in [3.8, 4) is 11.6 Å². The molecular weight excluding hydrogens is 347 g/mol. The zero-order valence-corrected chi connectivity index (χ0v) is 14.4. The predicted octanol–water partition coefficient (Wildman–Crippen LogP) is 4.96. The molecule has 0 radical (unpaired) electrons. The highest BCUT2D eigenvalue weighted by atomic mass is 35.5. The molecule has 0 amide bonds. The highest BCUT2D eigenvalue weighted by Gasteiger charge is 2.15. The third-order valence-corrected chi connectivity index (χ3v) is 3.94. The van der Waals surface area contributed by atoms with E-state index >= 15 is 0 Å². The van der Waals surface area contributed by atoms with Crippen molar-refractivity contribution in [3.05, 3.63) is 75.9 Å². The molecule has 0 aliphatic rings. The van der Waals surface area contributed by atoms with E-state index in [1.165, 1.54) is 0 Å². The molecule has 2 aromatic carbocycles. The Bertz CT molecular complexity index is 856. The molecule has 0 saturated heterocycles. The fraction of sp³-hybridized carbons (Fsp3) is 0.111. The Balaban J connectivity index is 1.92. The van der Waals surface area contributed by atoms with Gasteiger partial charge in [0, 0.05) is 16.1 Å². The lowest BCUT2D eigenvalue weighted by Crippen LogP contribution is -2.11. The van der Waals surface area contributed by atoms with Gasteiger partial charge in [0.1, 0.15) is 0 Å². The molecule has 0 N–H and O–H groups in total. The zero-order chi connectivity index (χ0) is 17.1. The Morgan fingerprint density at radius 3 is 2.21 bits per heavy atom. The van der Waals surface area contributed by atoms with E-state index in [0.29, 0.717) is 21.5 Å². The van der Waals surface area contributed by atoms with E-state index in [-0.39, 0.29) is 0 Å². The van der Waals surface area contributed by atoms with Crippen LogP contribution in [0.4, 0.5) is 0 Å². The number of hydrogen-bond acceptors (Lipinski definition) is 3. The molecule has 0 bridgehead atoms. The van der Waals surface area contributed by atoms with Gasteiger partial charge in [-0.15, -0.1) is 0 Å². The number of ether oxygens (including phenoxy) is 1. The summed E-state index contributed by atoms with van der Waals surface area (Å²) in [5.74, 6) is -0.112. The normalized spacial score (nSPS) is 10.6. The summed E-state index contributed by atoms with van der Waals surface area (Å²) in [5.41, 5.74) is 2.00. The van der Waals surface area contributed by atoms with Gasteiger partial charge in [-0.1, -0.05) is 30.1 Å². The van der Waals surface area contributed by atoms with Crippen LogP contribution in [0.15, 0.2) is 54.6 Å². The highest BCUT2D eigenvalue weighted by molar-refractivity contribution is 6.30. The van der Waals surface area contributed by atoms with Crippen LogP contribution in [0.2, 0.25) is 10.0 Å². The largest absolute Gasteiger partial charge is 0.404 e. The van der Waals surface area contributed by atoms with Crippen molar-refractivity contribution in [1.29, 1.82) is 0 Å². The van der Waals surface area contributed by atoms with Crippen LogP contribution in [-0.4, -0.2) is 15.7 Å². The fourth-order valence-corrected chi connectivity index (χ4v) is 2.41. The molecule has 0 atom stereocenters. The lowest BCUT2D eigenvalue weighted by Gasteiger charge is -2.08. The van der Waals surface area contributed by atoms with Crippen LogP contribution in [0.1, 0.15) is 23.0 Å². The SMILES string of the molecule is CCc1cc(OC(=O)c2ccc(Cl)cc2)n(-c2ccc(Cl)cc2)n1. The van der Waals surface area contributed by atoms with Gasteiger partial charge >= 0.3 is 5.97 Å². The minimum Gasteiger partial charge on any atom is -0.404 e. The maximum absolute atomic E-state index is 12.3. The van der Waals surface area contributed by atoms with Crippen LogP contribution >= 0.6 is 23.2 Å². The third kappa shape index (κ3) is 3.61. The van der Waals surface area contributed by atoms with Gasteiger partial charge in [0.25, 0.3) is 0 Å². The van der Waals surface area contributed by atoms with Crippen molar-refractivity contribution < 1.29 is 9.53 Å². The first kappa shape index (κ1) is 16.6. The lowest BCUT2D eigenvalue weighted by molar-refractivity contribution is 0.0723. The molecule has 6 heteroatoms. The minimum atomic E-state index is -0.468. The number of halogens is 2. The van der Waals surface area contributed by atoms with Crippen molar-refractivity contribution in [3.63, 3.8) is 0 Å². The quantitative estimate of drug-likeness (QED) is 0.617. The molecule has 0 aliphatic heterocycles. The number of carbonyl (C=O) groups is 1. The first-order chi connectivity index (χ1) is 11.6. The number of rotatable bonds is 4. The highest BCUT2D eigenvalue weighted by Crippen LogP contribution is 2.22. The Kier molecular flexibility index (Phi) is 4.88. The molecule has 3 aromatic rings. The summed E-state index contributed by atoms with van der Waals surface area (Å²) in [7, 11) is 0. The molecule has 0 spiro atoms. The summed E-state index contributed by atoms with van der Waals surface area (Å²) < 4.78 is 7.11. The predicted molar refractivity (Wildman–Crippen MR) is 94.4 cm³/mol. The Morgan fingerprint density at radius 1 is 1.04 bits per heavy atom. The monoisotopic (exact) mass is 360 g/mol. The van der Waals surface area contributed by atoms with E-state index in [9.17, 15) is 4.79 Å². The van der Waals surface area contributed by atoms with E-state index in [0.717, 1.165) is 17.8 Å². The second kappa shape index (κ2) is 7.07. The standard InChI is InChI=1S/C18H14Cl2N2O2/c1-2-15-11-17(22(21-15)16-9-7-14(20)8-10-16)24-18(23)12-3-5-13(19)6-4-12/h3-11H,2H2,1H3. The van der Waals surface area contributed by atoms with Crippen LogP contribution in [-0.2, 0) is 6.42 Å². The smallest absolute Gasteiger partial charge is 0.344 e. The van der Waals surface area contributed by atoms with Gasteiger partial charge in [0.2, 0.25) is 5.88 Å². The van der Waals surface area contributed by atoms with Crippen LogP contribution in [0.25, 0.3) is 5.69 Å². The maximum Gasteiger partial charge on any atom is 0.344 e. The lowest BCUT2D eigenvalue weighted by atomic mass is 10.2. The zero-order valence-electron chi connectivity index (χ0n) is 12.9. The Labute approximate surface area is 149 Å². The number of benzene rings is 2. The second-order valence-electron chi connectivity index (χ2n) is 5.11. The summed E-state index contributed by atoms with van der Waals surface area (Å²) in [5, 5.41) is 5.65. The Hall–Kier alpha value is -2.30. The molecule has 1 heterocycles. The van der Waals surface area contributed by atoms with E-state index in [1.807, 2.05) is 19.1 Å². The molecule has 0 fully saturated rings. The van der Waals surface area contributed by atoms with Crippen molar-refractivity contribution in [2.45, 2.75) is 13.3 Å². The van der Waals surface area contributed by atoms with Crippen LogP contribution in [0, 0.1) is 0 Å². The van der Waals surface area contributed by atoms with Gasteiger partial charge in [-0.3, -0.25) is 0 Å². The summed E-state index contributed by atoms with van der Waals surface area (Å²) >= 11 is 11.8. The summed E-state index contributed by atoms with van der Waals surface area (Å²) in [6.07, 6.45) is 0.728. The topological polar surface area (TPSA) is 44.1 Å². The number of aryl methyl sites for hydroxylation is 1. The Morgan fingerprint density at radius 2 is 1.62 bits per heavy atom. The average Bonchev–Trinajstić information content (AvgIpc) is 2.99. The van der Waals surface area contributed by atoms with E-state index < -0.39 is 5.97 Å². The summed E-state index contributed by atoms with van der Waals surface area (Å²) in [4.78, 5) is 12.3. The summed E-state index contributed by atoms with van der Waals surface area (Å²) in [6, 6.07) is 15.4. The minimum absolute atomic E-state index is 0.356. The number of carbonyl (C=O) groups excluding carboxylic acids is 1. The second-order valence-corrected chi connectivity index (χ2v) is 5.98. The van der Waals surface area contributed by atoms with E-state index in [2.05, 4.69) is 5.10 Å². The molecule has 122 valence electrons. The van der Waals surface area contributed by atoms with Gasteiger partial charge < -0.3 is 4.74 Å². The van der Waals surface area contributed by atoms with Crippen LogP contribution in [0.3, 0.4) is 0 Å².